The van der Waals surface area contributed by atoms with E-state index < -0.39 is 0 Å². The van der Waals surface area contributed by atoms with Crippen molar-refractivity contribution in [3.63, 3.8) is 0 Å². The number of anilines is 1. The topological polar surface area (TPSA) is 146 Å². The molecule has 2 aliphatic heterocycles. The molecule has 0 spiro atoms. The Hall–Kier alpha value is -3.75. The molecule has 3 aliphatic rings. The number of aromatic amines is 1. The van der Waals surface area contributed by atoms with Crippen molar-refractivity contribution in [2.45, 2.75) is 68.9 Å². The van der Waals surface area contributed by atoms with Crippen molar-refractivity contribution in [2.24, 2.45) is 10.7 Å². The van der Waals surface area contributed by atoms with Gasteiger partial charge in [0.1, 0.15) is 18.0 Å². The average molecular weight is 472 g/mol. The van der Waals surface area contributed by atoms with E-state index in [9.17, 15) is 0 Å². The highest BCUT2D eigenvalue weighted by atomic mass is 15.2. The van der Waals surface area contributed by atoms with Crippen molar-refractivity contribution in [3.8, 4) is 11.1 Å². The number of hydrogen-bond donors (Lipinski definition) is 4. The number of amidine groups is 1. The van der Waals surface area contributed by atoms with Gasteiger partial charge in [0.2, 0.25) is 0 Å². The summed E-state index contributed by atoms with van der Waals surface area (Å²) in [4.78, 5) is 15.8. The molecule has 2 atom stereocenters. The molecule has 182 valence electrons. The zero-order valence-corrected chi connectivity index (χ0v) is 19.9. The first-order chi connectivity index (χ1) is 17.0. The minimum absolute atomic E-state index is 0.257. The number of pyridine rings is 1. The van der Waals surface area contributed by atoms with Crippen LogP contribution in [-0.2, 0) is 0 Å². The van der Waals surface area contributed by atoms with Crippen LogP contribution in [-0.4, -0.2) is 49.3 Å². The third-order valence-corrected chi connectivity index (χ3v) is 7.71. The van der Waals surface area contributed by atoms with E-state index in [0.717, 1.165) is 54.5 Å². The highest BCUT2D eigenvalue weighted by Gasteiger charge is 2.42. The Morgan fingerprint density at radius 2 is 1.86 bits per heavy atom. The van der Waals surface area contributed by atoms with Gasteiger partial charge in [-0.15, -0.1) is 0 Å². The van der Waals surface area contributed by atoms with E-state index in [1.165, 1.54) is 19.3 Å². The second kappa shape index (κ2) is 9.85. The van der Waals surface area contributed by atoms with Crippen LogP contribution in [0, 0.1) is 5.41 Å². The molecule has 5 rings (SSSR count). The predicted molar refractivity (Wildman–Crippen MR) is 138 cm³/mol. The smallest absolute Gasteiger partial charge is 0.148 e. The lowest BCUT2D eigenvalue weighted by atomic mass is 9.82. The Bertz CT molecular complexity index is 1160. The maximum Gasteiger partial charge on any atom is 0.148 e. The van der Waals surface area contributed by atoms with Gasteiger partial charge in [-0.25, -0.2) is 9.98 Å². The predicted octanol–water partition coefficient (Wildman–Crippen LogP) is 4.03. The molecule has 0 radical (unpaired) electrons. The summed E-state index contributed by atoms with van der Waals surface area (Å²) in [7, 11) is 0. The second-order valence-electron chi connectivity index (χ2n) is 9.71. The molecule has 2 aromatic rings. The molecule has 2 bridgehead atoms. The number of rotatable bonds is 6. The van der Waals surface area contributed by atoms with Gasteiger partial charge in [0.05, 0.1) is 11.9 Å². The molecule has 4 heterocycles. The van der Waals surface area contributed by atoms with Crippen LogP contribution in [0.5, 0.6) is 0 Å². The Balaban J connectivity index is 1.41. The summed E-state index contributed by atoms with van der Waals surface area (Å²) in [5.74, 6) is 1.60. The maximum atomic E-state index is 7.21. The average Bonchev–Trinajstić information content (AvgIpc) is 3.13. The molecule has 3 fully saturated rings. The molecule has 2 saturated heterocycles. The highest BCUT2D eigenvalue weighted by Crippen LogP contribution is 2.44. The highest BCUT2D eigenvalue weighted by molar-refractivity contribution is 5.99. The zero-order chi connectivity index (χ0) is 24.4. The first-order valence-corrected chi connectivity index (χ1v) is 12.3. The lowest BCUT2D eigenvalue weighted by Gasteiger charge is -2.41. The van der Waals surface area contributed by atoms with Crippen LogP contribution in [0.25, 0.3) is 11.1 Å². The van der Waals surface area contributed by atoms with Crippen LogP contribution in [0.1, 0.15) is 68.2 Å². The van der Waals surface area contributed by atoms with Crippen LogP contribution in [0.15, 0.2) is 54.1 Å². The lowest BCUT2D eigenvalue weighted by Crippen LogP contribution is -2.44. The van der Waals surface area contributed by atoms with Gasteiger partial charge in [0.25, 0.3) is 0 Å². The van der Waals surface area contributed by atoms with E-state index >= 15 is 0 Å². The number of H-pyrrole nitrogens is 1. The second-order valence-corrected chi connectivity index (χ2v) is 9.71. The fourth-order valence-corrected chi connectivity index (χ4v) is 5.67. The molecule has 9 heteroatoms. The first-order valence-electron chi connectivity index (χ1n) is 12.3. The maximum absolute atomic E-state index is 7.21. The van der Waals surface area contributed by atoms with Gasteiger partial charge in [-0.3, -0.25) is 15.5 Å². The molecule has 0 amide bonds. The van der Waals surface area contributed by atoms with E-state index in [4.69, 9.17) is 26.8 Å². The third kappa shape index (κ3) is 4.62. The molecular formula is C26H33N9. The van der Waals surface area contributed by atoms with Gasteiger partial charge in [0, 0.05) is 58.8 Å². The molecule has 6 N–H and O–H groups in total. The van der Waals surface area contributed by atoms with Crippen LogP contribution >= 0.6 is 0 Å². The monoisotopic (exact) mass is 471 g/mol. The summed E-state index contributed by atoms with van der Waals surface area (Å²) in [6.45, 7) is 4.16. The number of nitrogen functional groups attached to an aromatic ring is 1. The molecule has 0 aromatic carbocycles. The van der Waals surface area contributed by atoms with Crippen LogP contribution in [0.2, 0.25) is 0 Å². The molecule has 1 saturated carbocycles. The minimum Gasteiger partial charge on any atom is -0.383 e. The van der Waals surface area contributed by atoms with E-state index in [2.05, 4.69) is 38.8 Å². The van der Waals surface area contributed by atoms with Crippen molar-refractivity contribution in [1.82, 2.24) is 25.1 Å². The number of fused-ring (bicyclic) bond motifs is 2. The number of aromatic nitrogens is 4. The molecule has 1 aliphatic carbocycles. The number of nitrogens with zero attached hydrogens (tertiary/aromatic N) is 5. The Morgan fingerprint density at radius 3 is 2.49 bits per heavy atom. The van der Waals surface area contributed by atoms with Crippen molar-refractivity contribution in [1.29, 1.82) is 5.41 Å². The van der Waals surface area contributed by atoms with Crippen LogP contribution < -0.4 is 11.5 Å². The van der Waals surface area contributed by atoms with Gasteiger partial charge >= 0.3 is 0 Å². The Morgan fingerprint density at radius 1 is 1.09 bits per heavy atom. The Kier molecular flexibility index (Phi) is 6.48. The van der Waals surface area contributed by atoms with Gasteiger partial charge < -0.3 is 16.4 Å². The molecule has 2 unspecified atom stereocenters. The Labute approximate surface area is 205 Å². The summed E-state index contributed by atoms with van der Waals surface area (Å²) in [5.41, 5.74) is 17.1. The lowest BCUT2D eigenvalue weighted by molar-refractivity contribution is 0.178. The third-order valence-electron chi connectivity index (χ3n) is 7.71. The van der Waals surface area contributed by atoms with Gasteiger partial charge in [-0.1, -0.05) is 19.1 Å². The molecule has 2 aromatic heterocycles. The molecular weight excluding hydrogens is 438 g/mol. The summed E-state index contributed by atoms with van der Waals surface area (Å²) in [6, 6.07) is 6.77. The van der Waals surface area contributed by atoms with E-state index in [1.807, 2.05) is 18.5 Å². The quantitative estimate of drug-likeness (QED) is 0.369. The van der Waals surface area contributed by atoms with E-state index in [1.54, 1.807) is 6.20 Å². The normalized spacial score (nSPS) is 23.9. The summed E-state index contributed by atoms with van der Waals surface area (Å²) in [5, 5.41) is 14.5. The number of hydrogen-bond acceptors (Lipinski definition) is 6. The number of nitrogens with one attached hydrogen (secondary N) is 2. The zero-order valence-electron chi connectivity index (χ0n) is 19.9. The first kappa shape index (κ1) is 23.0. The number of aliphatic imine (C=N–C) groups is 1. The standard InChI is InChI=1S/C26H33N9/c1-16(25(28)31-15-27)35-20-6-7-21(35)12-19(11-20)24-9-10-32-33-14-22(26(29)34-24)18-5-8-23(30-13-18)17-3-2-4-17/h5,8-10,13-15,17,19-21,32H,1-4,6-7,11-12,29H2,(H3,27,28,31). The van der Waals surface area contributed by atoms with Gasteiger partial charge in [0.15, 0.2) is 0 Å². The molecule has 35 heavy (non-hydrogen) atoms. The van der Waals surface area contributed by atoms with Crippen LogP contribution in [0.3, 0.4) is 0 Å². The van der Waals surface area contributed by atoms with Crippen molar-refractivity contribution >= 4 is 18.0 Å². The summed E-state index contributed by atoms with van der Waals surface area (Å²) >= 11 is 0. The minimum atomic E-state index is 0.257. The fraction of sp³-hybridized carbons (Fsp3) is 0.423. The van der Waals surface area contributed by atoms with Gasteiger partial charge in [-0.2, -0.15) is 5.10 Å². The number of nitrogens with two attached hydrogens (primary N) is 2. The largest absolute Gasteiger partial charge is 0.383 e. The van der Waals surface area contributed by atoms with Gasteiger partial charge in [-0.05, 0) is 50.7 Å². The molecule has 9 nitrogen and oxygen atoms in total. The van der Waals surface area contributed by atoms with Crippen molar-refractivity contribution in [2.75, 3.05) is 5.73 Å². The SMILES string of the molecule is C=C(C(N)=NC=N)N1C2CCC1CC(c1cc[nH]ncc(-c3ccc(C4CCC4)nc3)c(N)n1)C2. The summed E-state index contributed by atoms with van der Waals surface area (Å²) < 4.78 is 0. The fourth-order valence-electron chi connectivity index (χ4n) is 5.67. The summed E-state index contributed by atoms with van der Waals surface area (Å²) in [6.07, 6.45) is 14.1. The van der Waals surface area contributed by atoms with E-state index in [0.29, 0.717) is 35.4 Å². The van der Waals surface area contributed by atoms with Crippen molar-refractivity contribution in [3.05, 3.63) is 60.5 Å². The van der Waals surface area contributed by atoms with Crippen molar-refractivity contribution < 1.29 is 0 Å². The van der Waals surface area contributed by atoms with Crippen LogP contribution in [0.4, 0.5) is 5.82 Å². The van der Waals surface area contributed by atoms with E-state index in [-0.39, 0.29) is 5.92 Å². The number of piperidine rings is 1.